The average molecular weight is 319 g/mol. The van der Waals surface area contributed by atoms with E-state index in [-0.39, 0.29) is 6.17 Å². The molecule has 0 amide bonds. The van der Waals surface area contributed by atoms with Crippen molar-refractivity contribution in [2.75, 3.05) is 6.54 Å². The van der Waals surface area contributed by atoms with E-state index in [9.17, 15) is 0 Å². The summed E-state index contributed by atoms with van der Waals surface area (Å²) < 4.78 is 0. The largest absolute Gasteiger partial charge is 0.326 e. The molecule has 23 heavy (non-hydrogen) atoms. The maximum absolute atomic E-state index is 4.16. The van der Waals surface area contributed by atoms with Gasteiger partial charge in [0.1, 0.15) is 0 Å². The van der Waals surface area contributed by atoms with Crippen molar-refractivity contribution in [2.45, 2.75) is 78.8 Å². The van der Waals surface area contributed by atoms with Crippen LogP contribution in [0.15, 0.2) is 48.9 Å². The highest BCUT2D eigenvalue weighted by Crippen LogP contribution is 2.21. The zero-order valence-corrected chi connectivity index (χ0v) is 16.0. The van der Waals surface area contributed by atoms with Crippen molar-refractivity contribution in [3.63, 3.8) is 0 Å². The molecule has 0 aliphatic carbocycles. The minimum absolute atomic E-state index is 0.235. The summed E-state index contributed by atoms with van der Waals surface area (Å²) in [5.74, 6) is 0. The molecule has 0 rings (SSSR count). The third-order valence-electron chi connectivity index (χ3n) is 4.12. The molecule has 0 radical (unpaired) electrons. The first kappa shape index (κ1) is 21.7. The third kappa shape index (κ3) is 8.22. The van der Waals surface area contributed by atoms with E-state index in [1.165, 1.54) is 44.1 Å². The Kier molecular flexibility index (Phi) is 12.5. The SMILES string of the molecule is C=CC(=C)N(C(C=C)=C(C)C)C(CC)NCCCCCCCC. The lowest BCUT2D eigenvalue weighted by Gasteiger charge is -2.35. The summed E-state index contributed by atoms with van der Waals surface area (Å²) in [5, 5.41) is 3.68. The van der Waals surface area contributed by atoms with Gasteiger partial charge in [0.2, 0.25) is 0 Å². The summed E-state index contributed by atoms with van der Waals surface area (Å²) in [6, 6.07) is 0. The molecule has 0 aliphatic heterocycles. The number of hydrogen-bond donors (Lipinski definition) is 1. The second-order valence-corrected chi connectivity index (χ2v) is 6.30. The molecule has 1 unspecified atom stereocenters. The van der Waals surface area contributed by atoms with Gasteiger partial charge in [0.25, 0.3) is 0 Å². The van der Waals surface area contributed by atoms with Gasteiger partial charge in [0, 0.05) is 11.4 Å². The summed E-state index contributed by atoms with van der Waals surface area (Å²) >= 11 is 0. The first-order valence-electron chi connectivity index (χ1n) is 9.17. The van der Waals surface area contributed by atoms with Crippen LogP contribution in [0.25, 0.3) is 0 Å². The molecule has 0 aliphatic rings. The molecule has 1 N–H and O–H groups in total. The fourth-order valence-corrected chi connectivity index (χ4v) is 2.76. The lowest BCUT2D eigenvalue weighted by Crippen LogP contribution is -2.44. The fraction of sp³-hybridized carbons (Fsp3) is 0.619. The number of allylic oxidation sites excluding steroid dienone is 3. The summed E-state index contributed by atoms with van der Waals surface area (Å²) in [6.45, 7) is 21.7. The Balaban J connectivity index is 4.66. The highest BCUT2D eigenvalue weighted by Gasteiger charge is 2.19. The molecule has 132 valence electrons. The van der Waals surface area contributed by atoms with Crippen LogP contribution in [-0.4, -0.2) is 17.6 Å². The van der Waals surface area contributed by atoms with Crippen LogP contribution in [0.2, 0.25) is 0 Å². The first-order chi connectivity index (χ1) is 11.0. The van der Waals surface area contributed by atoms with Crippen molar-refractivity contribution < 1.29 is 0 Å². The molecule has 0 saturated heterocycles. The van der Waals surface area contributed by atoms with Crippen LogP contribution in [0.1, 0.15) is 72.6 Å². The monoisotopic (exact) mass is 318 g/mol. The summed E-state index contributed by atoms with van der Waals surface area (Å²) in [6.07, 6.45) is 12.9. The standard InChI is InChI=1S/C21H38N2/c1-8-12-13-14-15-16-17-22-21(11-4)23(19(7)9-2)20(10-3)18(5)6/h9-10,21-22H,2-3,7-8,11-17H2,1,4-6H3. The van der Waals surface area contributed by atoms with Gasteiger partial charge < -0.3 is 4.90 Å². The van der Waals surface area contributed by atoms with E-state index >= 15 is 0 Å². The molecule has 2 nitrogen and oxygen atoms in total. The Morgan fingerprint density at radius 3 is 2.09 bits per heavy atom. The molecular weight excluding hydrogens is 280 g/mol. The fourth-order valence-electron chi connectivity index (χ4n) is 2.76. The number of unbranched alkanes of at least 4 members (excludes halogenated alkanes) is 5. The minimum Gasteiger partial charge on any atom is -0.326 e. The topological polar surface area (TPSA) is 15.3 Å². The molecule has 0 spiro atoms. The molecule has 0 bridgehead atoms. The number of nitrogens with zero attached hydrogens (tertiary/aromatic N) is 1. The van der Waals surface area contributed by atoms with Crippen LogP contribution < -0.4 is 5.32 Å². The van der Waals surface area contributed by atoms with Gasteiger partial charge in [-0.2, -0.15) is 0 Å². The first-order valence-corrected chi connectivity index (χ1v) is 9.17. The summed E-state index contributed by atoms with van der Waals surface area (Å²) in [5.41, 5.74) is 3.28. The zero-order valence-electron chi connectivity index (χ0n) is 16.0. The van der Waals surface area contributed by atoms with Crippen molar-refractivity contribution in [3.8, 4) is 0 Å². The maximum atomic E-state index is 4.16. The number of hydrogen-bond acceptors (Lipinski definition) is 2. The van der Waals surface area contributed by atoms with Crippen molar-refractivity contribution in [3.05, 3.63) is 48.9 Å². The molecule has 2 heteroatoms. The quantitative estimate of drug-likeness (QED) is 0.234. The van der Waals surface area contributed by atoms with Crippen LogP contribution in [-0.2, 0) is 0 Å². The van der Waals surface area contributed by atoms with Crippen molar-refractivity contribution in [1.82, 2.24) is 10.2 Å². The molecule has 0 fully saturated rings. The van der Waals surface area contributed by atoms with Gasteiger partial charge in [-0.1, -0.05) is 71.3 Å². The molecule has 0 aromatic rings. The normalized spacial score (nSPS) is 11.7. The van der Waals surface area contributed by atoms with E-state index in [2.05, 4.69) is 57.6 Å². The highest BCUT2D eigenvalue weighted by molar-refractivity contribution is 5.29. The van der Waals surface area contributed by atoms with E-state index in [1.807, 2.05) is 12.2 Å². The molecule has 1 atom stereocenters. The van der Waals surface area contributed by atoms with Crippen molar-refractivity contribution >= 4 is 0 Å². The lowest BCUT2D eigenvalue weighted by molar-refractivity contribution is 0.265. The average Bonchev–Trinajstić information content (AvgIpc) is 2.54. The second kappa shape index (κ2) is 13.2. The van der Waals surface area contributed by atoms with Gasteiger partial charge in [-0.3, -0.25) is 5.32 Å². The van der Waals surface area contributed by atoms with Gasteiger partial charge in [0.05, 0.1) is 6.17 Å². The molecular formula is C21H38N2. The van der Waals surface area contributed by atoms with Crippen LogP contribution in [0.4, 0.5) is 0 Å². The van der Waals surface area contributed by atoms with Gasteiger partial charge in [-0.15, -0.1) is 0 Å². The van der Waals surface area contributed by atoms with Crippen LogP contribution in [0, 0.1) is 0 Å². The Morgan fingerprint density at radius 1 is 1.00 bits per heavy atom. The maximum Gasteiger partial charge on any atom is 0.0842 e. The van der Waals surface area contributed by atoms with Crippen LogP contribution in [0.5, 0.6) is 0 Å². The minimum atomic E-state index is 0.235. The van der Waals surface area contributed by atoms with E-state index < -0.39 is 0 Å². The van der Waals surface area contributed by atoms with Gasteiger partial charge in [-0.25, -0.2) is 0 Å². The predicted molar refractivity (Wildman–Crippen MR) is 105 cm³/mol. The van der Waals surface area contributed by atoms with Crippen LogP contribution >= 0.6 is 0 Å². The Bertz CT molecular complexity index is 389. The van der Waals surface area contributed by atoms with Crippen molar-refractivity contribution in [1.29, 1.82) is 0 Å². The summed E-state index contributed by atoms with van der Waals surface area (Å²) in [4.78, 5) is 2.23. The lowest BCUT2D eigenvalue weighted by atomic mass is 10.1. The molecule has 0 heterocycles. The van der Waals surface area contributed by atoms with Crippen LogP contribution in [0.3, 0.4) is 0 Å². The summed E-state index contributed by atoms with van der Waals surface area (Å²) in [7, 11) is 0. The van der Waals surface area contributed by atoms with Gasteiger partial charge in [0.15, 0.2) is 0 Å². The van der Waals surface area contributed by atoms with Crippen molar-refractivity contribution in [2.24, 2.45) is 0 Å². The van der Waals surface area contributed by atoms with E-state index in [0.717, 1.165) is 24.4 Å². The molecule has 0 saturated carbocycles. The van der Waals surface area contributed by atoms with E-state index in [4.69, 9.17) is 0 Å². The molecule has 0 aromatic carbocycles. The van der Waals surface area contributed by atoms with E-state index in [0.29, 0.717) is 0 Å². The highest BCUT2D eigenvalue weighted by atomic mass is 15.3. The van der Waals surface area contributed by atoms with Gasteiger partial charge >= 0.3 is 0 Å². The Hall–Kier alpha value is -1.28. The Labute approximate surface area is 145 Å². The number of nitrogens with one attached hydrogen (secondary N) is 1. The molecule has 0 aromatic heterocycles. The second-order valence-electron chi connectivity index (χ2n) is 6.30. The third-order valence-corrected chi connectivity index (χ3v) is 4.12. The van der Waals surface area contributed by atoms with Gasteiger partial charge in [-0.05, 0) is 45.4 Å². The smallest absolute Gasteiger partial charge is 0.0842 e. The zero-order chi connectivity index (χ0) is 17.7. The number of rotatable bonds is 14. The predicted octanol–water partition coefficient (Wildman–Crippen LogP) is 6.15. The Morgan fingerprint density at radius 2 is 1.61 bits per heavy atom. The van der Waals surface area contributed by atoms with E-state index in [1.54, 1.807) is 0 Å².